The summed E-state index contributed by atoms with van der Waals surface area (Å²) >= 11 is 2.15. The van der Waals surface area contributed by atoms with Gasteiger partial charge in [0.05, 0.1) is 3.58 Å². The van der Waals surface area contributed by atoms with Gasteiger partial charge >= 0.3 is 0 Å². The molecular formula is C8H12INO. The Labute approximate surface area is 80.8 Å². The van der Waals surface area contributed by atoms with Crippen molar-refractivity contribution in [3.05, 3.63) is 9.28 Å². The first-order valence-electron chi connectivity index (χ1n) is 3.72. The normalized spacial score (nSPS) is 19.0. The van der Waals surface area contributed by atoms with E-state index in [-0.39, 0.29) is 0 Å². The van der Waals surface area contributed by atoms with Crippen molar-refractivity contribution in [2.45, 2.75) is 19.3 Å². The van der Waals surface area contributed by atoms with Crippen LogP contribution in [0.1, 0.15) is 19.3 Å². The van der Waals surface area contributed by atoms with Crippen molar-refractivity contribution in [1.82, 2.24) is 4.90 Å². The second kappa shape index (κ2) is 3.56. The molecule has 11 heavy (non-hydrogen) atoms. The Hall–Kier alpha value is -0.0600. The van der Waals surface area contributed by atoms with Gasteiger partial charge in [-0.25, -0.2) is 0 Å². The number of carbonyl (C=O) groups excluding carboxylic acids is 1. The minimum absolute atomic E-state index is 0.306. The van der Waals surface area contributed by atoms with Gasteiger partial charge in [0.15, 0.2) is 5.78 Å². The molecule has 3 heteroatoms. The lowest BCUT2D eigenvalue weighted by atomic mass is 10.0. The van der Waals surface area contributed by atoms with Crippen molar-refractivity contribution in [3.8, 4) is 0 Å². The summed E-state index contributed by atoms with van der Waals surface area (Å²) in [5, 5.41) is 0. The van der Waals surface area contributed by atoms with Crippen LogP contribution in [-0.4, -0.2) is 24.8 Å². The van der Waals surface area contributed by atoms with Gasteiger partial charge in [-0.1, -0.05) is 0 Å². The second-order valence-corrected chi connectivity index (χ2v) is 4.01. The molecule has 0 saturated carbocycles. The summed E-state index contributed by atoms with van der Waals surface area (Å²) < 4.78 is 0.929. The van der Waals surface area contributed by atoms with Crippen LogP contribution in [0.4, 0.5) is 0 Å². The third kappa shape index (κ3) is 1.95. The van der Waals surface area contributed by atoms with E-state index in [2.05, 4.69) is 22.6 Å². The first-order valence-corrected chi connectivity index (χ1v) is 4.80. The van der Waals surface area contributed by atoms with E-state index >= 15 is 0 Å². The molecule has 62 valence electrons. The number of rotatable bonds is 1. The molecule has 0 aromatic rings. The van der Waals surface area contributed by atoms with Crippen LogP contribution in [0.3, 0.4) is 0 Å². The minimum Gasteiger partial charge on any atom is -0.380 e. The lowest BCUT2D eigenvalue weighted by Crippen LogP contribution is -2.18. The number of halogens is 1. The number of nitrogens with zero attached hydrogens (tertiary/aromatic N) is 1. The molecule has 2 nitrogen and oxygen atoms in total. The van der Waals surface area contributed by atoms with Crippen LogP contribution in [0.2, 0.25) is 0 Å². The Bertz CT molecular complexity index is 208. The van der Waals surface area contributed by atoms with Crippen LogP contribution >= 0.6 is 22.6 Å². The lowest BCUT2D eigenvalue weighted by Gasteiger charge is -2.22. The standard InChI is InChI=1S/C8H12INO/c1-10(2)6-4-3-5-7(11)8(6)9/h3-5H2,1-2H3. The number of Topliss-reactive ketones (excluding diaryl/α,β-unsaturated/α-hetero) is 1. The topological polar surface area (TPSA) is 20.3 Å². The molecule has 0 aliphatic heterocycles. The average molecular weight is 265 g/mol. The van der Waals surface area contributed by atoms with E-state index in [4.69, 9.17) is 0 Å². The maximum absolute atomic E-state index is 11.2. The zero-order valence-corrected chi connectivity index (χ0v) is 9.01. The third-order valence-electron chi connectivity index (χ3n) is 1.86. The van der Waals surface area contributed by atoms with Crippen molar-refractivity contribution in [2.75, 3.05) is 14.1 Å². The van der Waals surface area contributed by atoms with Crippen LogP contribution in [-0.2, 0) is 4.79 Å². The monoisotopic (exact) mass is 265 g/mol. The van der Waals surface area contributed by atoms with Gasteiger partial charge < -0.3 is 4.90 Å². The van der Waals surface area contributed by atoms with Gasteiger partial charge in [-0.3, -0.25) is 4.79 Å². The van der Waals surface area contributed by atoms with Crippen LogP contribution in [0.5, 0.6) is 0 Å². The molecule has 0 aromatic heterocycles. The highest BCUT2D eigenvalue weighted by molar-refractivity contribution is 14.1. The maximum Gasteiger partial charge on any atom is 0.170 e. The first-order chi connectivity index (χ1) is 5.13. The summed E-state index contributed by atoms with van der Waals surface area (Å²) in [6, 6.07) is 0. The molecule has 0 spiro atoms. The van der Waals surface area contributed by atoms with E-state index in [1.165, 1.54) is 5.70 Å². The summed E-state index contributed by atoms with van der Waals surface area (Å²) in [4.78, 5) is 13.3. The van der Waals surface area contributed by atoms with Crippen molar-refractivity contribution >= 4 is 28.4 Å². The molecular weight excluding hydrogens is 253 g/mol. The Balaban J connectivity index is 2.89. The van der Waals surface area contributed by atoms with Gasteiger partial charge in [0, 0.05) is 26.2 Å². The highest BCUT2D eigenvalue weighted by Crippen LogP contribution is 2.27. The Morgan fingerprint density at radius 3 is 2.45 bits per heavy atom. The van der Waals surface area contributed by atoms with Gasteiger partial charge in [0.25, 0.3) is 0 Å². The summed E-state index contributed by atoms with van der Waals surface area (Å²) in [6.45, 7) is 0. The number of hydrogen-bond acceptors (Lipinski definition) is 2. The van der Waals surface area contributed by atoms with Crippen LogP contribution in [0, 0.1) is 0 Å². The van der Waals surface area contributed by atoms with E-state index in [9.17, 15) is 4.79 Å². The molecule has 0 bridgehead atoms. The predicted octanol–water partition coefficient (Wildman–Crippen LogP) is 1.95. The van der Waals surface area contributed by atoms with Crippen molar-refractivity contribution < 1.29 is 4.79 Å². The predicted molar refractivity (Wildman–Crippen MR) is 53.6 cm³/mol. The van der Waals surface area contributed by atoms with E-state index in [0.717, 1.165) is 22.8 Å². The van der Waals surface area contributed by atoms with E-state index in [0.29, 0.717) is 5.78 Å². The zero-order chi connectivity index (χ0) is 8.43. The molecule has 0 saturated heterocycles. The van der Waals surface area contributed by atoms with Crippen molar-refractivity contribution in [3.63, 3.8) is 0 Å². The molecule has 0 unspecified atom stereocenters. The van der Waals surface area contributed by atoms with Crippen LogP contribution < -0.4 is 0 Å². The molecule has 0 radical (unpaired) electrons. The summed E-state index contributed by atoms with van der Waals surface area (Å²) in [6.07, 6.45) is 2.80. The van der Waals surface area contributed by atoms with Gasteiger partial charge in [-0.2, -0.15) is 0 Å². The minimum atomic E-state index is 0.306. The van der Waals surface area contributed by atoms with Gasteiger partial charge in [0.2, 0.25) is 0 Å². The fraction of sp³-hybridized carbons (Fsp3) is 0.625. The Kier molecular flexibility index (Phi) is 2.92. The smallest absolute Gasteiger partial charge is 0.170 e. The SMILES string of the molecule is CN(C)C1=C(I)C(=O)CCC1. The number of carbonyl (C=O) groups is 1. The Morgan fingerprint density at radius 2 is 2.00 bits per heavy atom. The molecule has 1 aliphatic rings. The van der Waals surface area contributed by atoms with E-state index in [1.807, 2.05) is 19.0 Å². The second-order valence-electron chi connectivity index (χ2n) is 2.93. The van der Waals surface area contributed by atoms with Gasteiger partial charge in [0.1, 0.15) is 0 Å². The quantitative estimate of drug-likeness (QED) is 0.675. The lowest BCUT2D eigenvalue weighted by molar-refractivity contribution is -0.115. The van der Waals surface area contributed by atoms with Crippen LogP contribution in [0.15, 0.2) is 9.28 Å². The molecule has 1 rings (SSSR count). The highest BCUT2D eigenvalue weighted by Gasteiger charge is 2.18. The van der Waals surface area contributed by atoms with E-state index < -0.39 is 0 Å². The van der Waals surface area contributed by atoms with Gasteiger partial charge in [-0.05, 0) is 35.4 Å². The maximum atomic E-state index is 11.2. The molecule has 0 aromatic carbocycles. The molecule has 0 N–H and O–H groups in total. The molecule has 0 fully saturated rings. The third-order valence-corrected chi connectivity index (χ3v) is 3.08. The fourth-order valence-electron chi connectivity index (χ4n) is 1.22. The van der Waals surface area contributed by atoms with Crippen LogP contribution in [0.25, 0.3) is 0 Å². The highest BCUT2D eigenvalue weighted by atomic mass is 127. The van der Waals surface area contributed by atoms with Gasteiger partial charge in [-0.15, -0.1) is 0 Å². The number of hydrogen-bond donors (Lipinski definition) is 0. The summed E-state index contributed by atoms with van der Waals surface area (Å²) in [7, 11) is 3.99. The largest absolute Gasteiger partial charge is 0.380 e. The fourth-order valence-corrected chi connectivity index (χ4v) is 2.24. The molecule has 0 amide bonds. The average Bonchev–Trinajstić information content (AvgIpc) is 1.94. The number of allylic oxidation sites excluding steroid dienone is 2. The Morgan fingerprint density at radius 1 is 1.36 bits per heavy atom. The first kappa shape index (κ1) is 9.03. The number of ketones is 1. The summed E-state index contributed by atoms with van der Waals surface area (Å²) in [5.41, 5.74) is 1.20. The molecule has 0 atom stereocenters. The summed E-state index contributed by atoms with van der Waals surface area (Å²) in [5.74, 6) is 0.306. The van der Waals surface area contributed by atoms with Crippen molar-refractivity contribution in [1.29, 1.82) is 0 Å². The zero-order valence-electron chi connectivity index (χ0n) is 6.85. The molecule has 1 aliphatic carbocycles. The molecule has 0 heterocycles. The van der Waals surface area contributed by atoms with Crippen molar-refractivity contribution in [2.24, 2.45) is 0 Å². The van der Waals surface area contributed by atoms with E-state index in [1.54, 1.807) is 0 Å².